The van der Waals surface area contributed by atoms with Crippen LogP contribution in [0, 0.1) is 0 Å². The summed E-state index contributed by atoms with van der Waals surface area (Å²) in [6.07, 6.45) is 1.33. The van der Waals surface area contributed by atoms with E-state index in [1.165, 1.54) is 12.1 Å². The molecule has 2 aromatic carbocycles. The summed E-state index contributed by atoms with van der Waals surface area (Å²) in [6, 6.07) is 14.3. The second-order valence-corrected chi connectivity index (χ2v) is 5.16. The molecule has 5 N–H and O–H groups in total. The van der Waals surface area contributed by atoms with Crippen LogP contribution in [0.3, 0.4) is 0 Å². The molecule has 114 valence electrons. The van der Waals surface area contributed by atoms with Gasteiger partial charge in [0, 0.05) is 11.6 Å². The van der Waals surface area contributed by atoms with Crippen LogP contribution in [0.25, 0.3) is 0 Å². The molecule has 0 heterocycles. The number of nitrogens with two attached hydrogens (primary N) is 1. The van der Waals surface area contributed by atoms with Crippen LogP contribution in [0.15, 0.2) is 53.6 Å². The van der Waals surface area contributed by atoms with Crippen LogP contribution in [0.4, 0.5) is 0 Å². The Labute approximate surface area is 134 Å². The van der Waals surface area contributed by atoms with Crippen molar-refractivity contribution in [2.45, 2.75) is 12.8 Å². The summed E-state index contributed by atoms with van der Waals surface area (Å²) in [5.41, 5.74) is 10.2. The molecule has 0 unspecified atom stereocenters. The second kappa shape index (κ2) is 7.42. The third-order valence-electron chi connectivity index (χ3n) is 3.09. The lowest BCUT2D eigenvalue weighted by Gasteiger charge is -2.10. The highest BCUT2D eigenvalue weighted by atomic mass is 32.1. The van der Waals surface area contributed by atoms with Crippen LogP contribution in [0.2, 0.25) is 0 Å². The SMILES string of the molecule is NC(=S)N/N=C(\CCc1ccccc1)c1ccc(O)cc1O. The van der Waals surface area contributed by atoms with Crippen LogP contribution in [0.1, 0.15) is 17.5 Å². The zero-order chi connectivity index (χ0) is 15.9. The fourth-order valence-electron chi connectivity index (χ4n) is 2.04. The summed E-state index contributed by atoms with van der Waals surface area (Å²) >= 11 is 4.75. The van der Waals surface area contributed by atoms with E-state index in [0.717, 1.165) is 12.0 Å². The molecule has 2 rings (SSSR count). The fourth-order valence-corrected chi connectivity index (χ4v) is 2.09. The number of phenolic OH excluding ortho intramolecular Hbond substituents is 2. The zero-order valence-electron chi connectivity index (χ0n) is 11.9. The molecule has 0 aliphatic rings. The maximum absolute atomic E-state index is 9.99. The van der Waals surface area contributed by atoms with Crippen molar-refractivity contribution < 1.29 is 10.2 Å². The first-order valence-electron chi connectivity index (χ1n) is 6.74. The number of hydrazone groups is 1. The fraction of sp³-hybridized carbons (Fsp3) is 0.125. The smallest absolute Gasteiger partial charge is 0.184 e. The van der Waals surface area contributed by atoms with E-state index in [9.17, 15) is 10.2 Å². The molecular weight excluding hydrogens is 298 g/mol. The van der Waals surface area contributed by atoms with Crippen molar-refractivity contribution in [1.82, 2.24) is 5.43 Å². The number of hydrogen-bond donors (Lipinski definition) is 4. The minimum atomic E-state index is -0.0449. The summed E-state index contributed by atoms with van der Waals surface area (Å²) < 4.78 is 0. The highest BCUT2D eigenvalue weighted by molar-refractivity contribution is 7.80. The number of rotatable bonds is 5. The lowest BCUT2D eigenvalue weighted by molar-refractivity contribution is 0.449. The molecule has 22 heavy (non-hydrogen) atoms. The average Bonchev–Trinajstić information content (AvgIpc) is 2.49. The lowest BCUT2D eigenvalue weighted by Crippen LogP contribution is -2.25. The van der Waals surface area contributed by atoms with Gasteiger partial charge in [-0.1, -0.05) is 30.3 Å². The summed E-state index contributed by atoms with van der Waals surface area (Å²) in [7, 11) is 0. The Kier molecular flexibility index (Phi) is 5.32. The normalized spacial score (nSPS) is 11.2. The van der Waals surface area contributed by atoms with Crippen LogP contribution < -0.4 is 11.2 Å². The Morgan fingerprint density at radius 2 is 1.86 bits per heavy atom. The first kappa shape index (κ1) is 15.8. The molecule has 6 heteroatoms. The third-order valence-corrected chi connectivity index (χ3v) is 3.18. The maximum atomic E-state index is 9.99. The Morgan fingerprint density at radius 1 is 1.14 bits per heavy atom. The number of aryl methyl sites for hydroxylation is 1. The maximum Gasteiger partial charge on any atom is 0.184 e. The Balaban J connectivity index is 2.22. The Hall–Kier alpha value is -2.60. The monoisotopic (exact) mass is 315 g/mol. The van der Waals surface area contributed by atoms with Crippen LogP contribution in [-0.2, 0) is 6.42 Å². The molecule has 0 spiro atoms. The molecule has 0 aliphatic carbocycles. The summed E-state index contributed by atoms with van der Waals surface area (Å²) in [6.45, 7) is 0. The van der Waals surface area contributed by atoms with E-state index in [2.05, 4.69) is 10.5 Å². The zero-order valence-corrected chi connectivity index (χ0v) is 12.7. The molecule has 0 fully saturated rings. The molecule has 0 radical (unpaired) electrons. The number of phenols is 2. The number of thiocarbonyl (C=S) groups is 1. The van der Waals surface area contributed by atoms with Gasteiger partial charge in [-0.3, -0.25) is 5.43 Å². The van der Waals surface area contributed by atoms with Gasteiger partial charge in [-0.2, -0.15) is 5.10 Å². The van der Waals surface area contributed by atoms with E-state index in [1.54, 1.807) is 6.07 Å². The second-order valence-electron chi connectivity index (χ2n) is 4.72. The van der Waals surface area contributed by atoms with E-state index in [0.29, 0.717) is 17.7 Å². The van der Waals surface area contributed by atoms with Crippen molar-refractivity contribution in [3.05, 3.63) is 59.7 Å². The van der Waals surface area contributed by atoms with E-state index in [1.807, 2.05) is 30.3 Å². The van der Waals surface area contributed by atoms with Gasteiger partial charge in [0.1, 0.15) is 11.5 Å². The van der Waals surface area contributed by atoms with Crippen molar-refractivity contribution in [1.29, 1.82) is 0 Å². The minimum Gasteiger partial charge on any atom is -0.508 e. The van der Waals surface area contributed by atoms with E-state index >= 15 is 0 Å². The minimum absolute atomic E-state index is 0.00837. The number of aromatic hydroxyl groups is 2. The molecule has 0 saturated carbocycles. The molecule has 0 bridgehead atoms. The molecule has 0 amide bonds. The molecule has 0 atom stereocenters. The van der Waals surface area contributed by atoms with Crippen molar-refractivity contribution >= 4 is 23.0 Å². The van der Waals surface area contributed by atoms with Crippen LogP contribution >= 0.6 is 12.2 Å². The molecule has 0 saturated heterocycles. The van der Waals surface area contributed by atoms with Gasteiger partial charge in [0.2, 0.25) is 0 Å². The molecular formula is C16H17N3O2S. The van der Waals surface area contributed by atoms with Crippen LogP contribution in [-0.4, -0.2) is 21.0 Å². The first-order chi connectivity index (χ1) is 10.6. The highest BCUT2D eigenvalue weighted by Gasteiger charge is 2.11. The van der Waals surface area contributed by atoms with Gasteiger partial charge >= 0.3 is 0 Å². The average molecular weight is 315 g/mol. The first-order valence-corrected chi connectivity index (χ1v) is 7.15. The van der Waals surface area contributed by atoms with Gasteiger partial charge < -0.3 is 15.9 Å². The van der Waals surface area contributed by atoms with Gasteiger partial charge in [0.15, 0.2) is 5.11 Å². The Bertz CT molecular complexity index is 687. The summed E-state index contributed by atoms with van der Waals surface area (Å²) in [5.74, 6) is -0.0532. The number of hydrogen-bond acceptors (Lipinski definition) is 4. The summed E-state index contributed by atoms with van der Waals surface area (Å²) in [4.78, 5) is 0. The molecule has 0 aliphatic heterocycles. The van der Waals surface area contributed by atoms with Gasteiger partial charge in [-0.15, -0.1) is 0 Å². The predicted molar refractivity (Wildman–Crippen MR) is 91.0 cm³/mol. The summed E-state index contributed by atoms with van der Waals surface area (Å²) in [5, 5.41) is 23.6. The van der Waals surface area contributed by atoms with Crippen molar-refractivity contribution in [2.24, 2.45) is 10.8 Å². The molecule has 0 aromatic heterocycles. The quantitative estimate of drug-likeness (QED) is 0.386. The van der Waals surface area contributed by atoms with E-state index in [-0.39, 0.29) is 16.6 Å². The number of nitrogens with one attached hydrogen (secondary N) is 1. The molecule has 5 nitrogen and oxygen atoms in total. The van der Waals surface area contributed by atoms with E-state index in [4.69, 9.17) is 18.0 Å². The molecule has 2 aromatic rings. The standard InChI is InChI=1S/C16H17N3O2S/c17-16(22)19-18-14(9-6-11-4-2-1-3-5-11)13-8-7-12(20)10-15(13)21/h1-5,7-8,10,20-21H,6,9H2,(H3,17,19,22)/b18-14+. The topological polar surface area (TPSA) is 90.9 Å². The van der Waals surface area contributed by atoms with Gasteiger partial charge in [0.25, 0.3) is 0 Å². The van der Waals surface area contributed by atoms with Crippen molar-refractivity contribution in [3.8, 4) is 11.5 Å². The largest absolute Gasteiger partial charge is 0.508 e. The highest BCUT2D eigenvalue weighted by Crippen LogP contribution is 2.24. The van der Waals surface area contributed by atoms with E-state index < -0.39 is 0 Å². The van der Waals surface area contributed by atoms with Crippen LogP contribution in [0.5, 0.6) is 11.5 Å². The van der Waals surface area contributed by atoms with Gasteiger partial charge in [-0.25, -0.2) is 0 Å². The lowest BCUT2D eigenvalue weighted by atomic mass is 10.0. The van der Waals surface area contributed by atoms with Crippen molar-refractivity contribution in [3.63, 3.8) is 0 Å². The van der Waals surface area contributed by atoms with Crippen molar-refractivity contribution in [2.75, 3.05) is 0 Å². The number of nitrogens with zero attached hydrogens (tertiary/aromatic N) is 1. The van der Waals surface area contributed by atoms with Gasteiger partial charge in [0.05, 0.1) is 5.71 Å². The Morgan fingerprint density at radius 3 is 2.50 bits per heavy atom. The third kappa shape index (κ3) is 4.46. The van der Waals surface area contributed by atoms with Gasteiger partial charge in [-0.05, 0) is 42.8 Å². The predicted octanol–water partition coefficient (Wildman–Crippen LogP) is 2.27. The number of benzene rings is 2.